The second-order valence-corrected chi connectivity index (χ2v) is 6.37. The van der Waals surface area contributed by atoms with Gasteiger partial charge in [-0.15, -0.1) is 21.5 Å². The van der Waals surface area contributed by atoms with Crippen LogP contribution in [0.15, 0.2) is 47.8 Å². The van der Waals surface area contributed by atoms with Crippen molar-refractivity contribution in [1.29, 1.82) is 5.26 Å². The summed E-state index contributed by atoms with van der Waals surface area (Å²) in [4.78, 5) is 13.0. The predicted octanol–water partition coefficient (Wildman–Crippen LogP) is 3.92. The van der Waals surface area contributed by atoms with Gasteiger partial charge in [-0.3, -0.25) is 10.1 Å². The molecule has 2 aromatic heterocycles. The monoisotopic (exact) mass is 338 g/mol. The number of carbonyl (C=O) groups excluding carboxylic acids is 1. The molecule has 0 atom stereocenters. The van der Waals surface area contributed by atoms with E-state index in [-0.39, 0.29) is 5.91 Å². The van der Waals surface area contributed by atoms with Crippen LogP contribution in [0.25, 0.3) is 11.6 Å². The first kappa shape index (κ1) is 15.1. The maximum Gasteiger partial charge on any atom is 0.257 e. The Bertz CT molecular complexity index is 876. The van der Waals surface area contributed by atoms with Crippen molar-refractivity contribution in [2.45, 2.75) is 0 Å². The highest BCUT2D eigenvalue weighted by atomic mass is 32.1. The van der Waals surface area contributed by atoms with Crippen molar-refractivity contribution in [2.24, 2.45) is 0 Å². The quantitative estimate of drug-likeness (QED) is 0.731. The first-order valence-corrected chi connectivity index (χ1v) is 8.31. The molecule has 2 heterocycles. The lowest BCUT2D eigenvalue weighted by Gasteiger charge is -1.99. The van der Waals surface area contributed by atoms with E-state index in [1.54, 1.807) is 30.3 Å². The maximum atomic E-state index is 12.1. The summed E-state index contributed by atoms with van der Waals surface area (Å²) in [7, 11) is 0. The third-order valence-electron chi connectivity index (χ3n) is 2.86. The van der Waals surface area contributed by atoms with Crippen molar-refractivity contribution < 1.29 is 4.79 Å². The summed E-state index contributed by atoms with van der Waals surface area (Å²) in [6, 6.07) is 14.8. The van der Waals surface area contributed by atoms with Gasteiger partial charge < -0.3 is 0 Å². The number of hydrogen-bond donors (Lipinski definition) is 1. The molecule has 3 aromatic rings. The summed E-state index contributed by atoms with van der Waals surface area (Å²) >= 11 is 2.71. The zero-order chi connectivity index (χ0) is 16.1. The number of benzene rings is 1. The molecule has 5 nitrogen and oxygen atoms in total. The number of carbonyl (C=O) groups is 1. The van der Waals surface area contributed by atoms with Gasteiger partial charge in [0.2, 0.25) is 5.13 Å². The van der Waals surface area contributed by atoms with Crippen molar-refractivity contribution in [1.82, 2.24) is 10.2 Å². The van der Waals surface area contributed by atoms with Gasteiger partial charge in [0, 0.05) is 10.4 Å². The number of nitriles is 1. The fourth-order valence-electron chi connectivity index (χ4n) is 1.80. The van der Waals surface area contributed by atoms with Gasteiger partial charge in [-0.25, -0.2) is 0 Å². The molecule has 0 unspecified atom stereocenters. The number of anilines is 1. The lowest BCUT2D eigenvalue weighted by atomic mass is 10.2. The van der Waals surface area contributed by atoms with Crippen LogP contribution in [0.1, 0.15) is 20.2 Å². The minimum absolute atomic E-state index is 0.256. The van der Waals surface area contributed by atoms with Gasteiger partial charge in [0.05, 0.1) is 5.57 Å². The van der Waals surface area contributed by atoms with Gasteiger partial charge in [-0.1, -0.05) is 35.6 Å². The summed E-state index contributed by atoms with van der Waals surface area (Å²) in [5.41, 5.74) is 0.962. The van der Waals surface area contributed by atoms with Crippen LogP contribution in [0.5, 0.6) is 0 Å². The normalized spacial score (nSPS) is 11.0. The summed E-state index contributed by atoms with van der Waals surface area (Å²) < 4.78 is 0. The highest BCUT2D eigenvalue weighted by Crippen LogP contribution is 2.25. The van der Waals surface area contributed by atoms with Crippen molar-refractivity contribution in [3.8, 4) is 6.07 Å². The number of hydrogen-bond acceptors (Lipinski definition) is 6. The van der Waals surface area contributed by atoms with Gasteiger partial charge in [0.25, 0.3) is 5.91 Å². The Hall–Kier alpha value is -2.82. The van der Waals surface area contributed by atoms with Gasteiger partial charge in [0.1, 0.15) is 6.07 Å². The molecule has 0 radical (unpaired) electrons. The molecule has 0 aliphatic rings. The summed E-state index contributed by atoms with van der Waals surface area (Å²) in [5, 5.41) is 22.7. The summed E-state index contributed by atoms with van der Waals surface area (Å²) in [6.45, 7) is 0. The minimum atomic E-state index is -0.256. The third-order valence-corrected chi connectivity index (χ3v) is 4.55. The van der Waals surface area contributed by atoms with Crippen LogP contribution in [0.4, 0.5) is 5.13 Å². The molecule has 1 amide bonds. The van der Waals surface area contributed by atoms with E-state index in [0.717, 1.165) is 4.88 Å². The van der Waals surface area contributed by atoms with E-state index >= 15 is 0 Å². The van der Waals surface area contributed by atoms with E-state index in [2.05, 4.69) is 21.6 Å². The van der Waals surface area contributed by atoms with Gasteiger partial charge in [-0.2, -0.15) is 5.26 Å². The molecule has 112 valence electrons. The zero-order valence-corrected chi connectivity index (χ0v) is 13.4. The van der Waals surface area contributed by atoms with E-state index < -0.39 is 0 Å². The largest absolute Gasteiger partial charge is 0.296 e. The number of aromatic nitrogens is 2. The SMILES string of the molecule is N#CC(=Cc1cccs1)c1nnc(NC(=O)c2ccccc2)s1. The number of rotatable bonds is 4. The molecule has 0 aliphatic heterocycles. The Balaban J connectivity index is 1.78. The van der Waals surface area contributed by atoms with Gasteiger partial charge in [0.15, 0.2) is 5.01 Å². The maximum absolute atomic E-state index is 12.1. The topological polar surface area (TPSA) is 78.7 Å². The van der Waals surface area contributed by atoms with E-state index in [0.29, 0.717) is 21.3 Å². The first-order valence-electron chi connectivity index (χ1n) is 6.62. The lowest BCUT2D eigenvalue weighted by molar-refractivity contribution is 0.102. The van der Waals surface area contributed by atoms with Crippen LogP contribution in [0.3, 0.4) is 0 Å². The van der Waals surface area contributed by atoms with Crippen LogP contribution >= 0.6 is 22.7 Å². The molecule has 0 aliphatic carbocycles. The number of amides is 1. The average molecular weight is 338 g/mol. The first-order chi connectivity index (χ1) is 11.3. The van der Waals surface area contributed by atoms with E-state index in [1.807, 2.05) is 23.6 Å². The van der Waals surface area contributed by atoms with Crippen LogP contribution < -0.4 is 5.32 Å². The molecule has 23 heavy (non-hydrogen) atoms. The molecular formula is C16H10N4OS2. The van der Waals surface area contributed by atoms with Crippen LogP contribution in [0.2, 0.25) is 0 Å². The van der Waals surface area contributed by atoms with Crippen LogP contribution in [0, 0.1) is 11.3 Å². The Kier molecular flexibility index (Phi) is 4.57. The number of thiophene rings is 1. The van der Waals surface area contributed by atoms with E-state index in [4.69, 9.17) is 0 Å². The van der Waals surface area contributed by atoms with E-state index in [1.165, 1.54) is 22.7 Å². The molecule has 0 bridgehead atoms. The molecule has 1 aromatic carbocycles. The fraction of sp³-hybridized carbons (Fsp3) is 0. The average Bonchev–Trinajstić information content (AvgIpc) is 3.25. The molecule has 7 heteroatoms. The van der Waals surface area contributed by atoms with Crippen molar-refractivity contribution in [2.75, 3.05) is 5.32 Å². The molecule has 0 fully saturated rings. The number of nitrogens with zero attached hydrogens (tertiary/aromatic N) is 3. The molecular weight excluding hydrogens is 328 g/mol. The Morgan fingerprint density at radius 2 is 2.00 bits per heavy atom. The predicted molar refractivity (Wildman–Crippen MR) is 92.1 cm³/mol. The van der Waals surface area contributed by atoms with Crippen molar-refractivity contribution in [3.05, 3.63) is 63.3 Å². The Morgan fingerprint density at radius 1 is 1.17 bits per heavy atom. The fourth-order valence-corrected chi connectivity index (χ4v) is 3.16. The molecule has 3 rings (SSSR count). The third kappa shape index (κ3) is 3.69. The van der Waals surface area contributed by atoms with Crippen molar-refractivity contribution >= 4 is 45.4 Å². The second-order valence-electron chi connectivity index (χ2n) is 4.42. The van der Waals surface area contributed by atoms with Crippen molar-refractivity contribution in [3.63, 3.8) is 0 Å². The molecule has 1 N–H and O–H groups in total. The summed E-state index contributed by atoms with van der Waals surface area (Å²) in [6.07, 6.45) is 1.76. The second kappa shape index (κ2) is 6.96. The Morgan fingerprint density at radius 3 is 2.70 bits per heavy atom. The van der Waals surface area contributed by atoms with Gasteiger partial charge >= 0.3 is 0 Å². The molecule has 0 saturated heterocycles. The Labute approximate surface area is 140 Å². The zero-order valence-electron chi connectivity index (χ0n) is 11.8. The van der Waals surface area contributed by atoms with Gasteiger partial charge in [-0.05, 0) is 29.7 Å². The summed E-state index contributed by atoms with van der Waals surface area (Å²) in [5.74, 6) is -0.256. The standard InChI is InChI=1S/C16H10N4OS2/c17-10-12(9-13-7-4-8-22-13)15-19-20-16(23-15)18-14(21)11-5-2-1-3-6-11/h1-9H,(H,18,20,21). The smallest absolute Gasteiger partial charge is 0.257 e. The number of allylic oxidation sites excluding steroid dienone is 1. The van der Waals surface area contributed by atoms with Crippen LogP contribution in [-0.4, -0.2) is 16.1 Å². The van der Waals surface area contributed by atoms with E-state index in [9.17, 15) is 10.1 Å². The lowest BCUT2D eigenvalue weighted by Crippen LogP contribution is -2.11. The number of nitrogens with one attached hydrogen (secondary N) is 1. The highest BCUT2D eigenvalue weighted by molar-refractivity contribution is 7.16. The van der Waals surface area contributed by atoms with Crippen LogP contribution in [-0.2, 0) is 0 Å². The molecule has 0 saturated carbocycles. The molecule has 0 spiro atoms. The highest BCUT2D eigenvalue weighted by Gasteiger charge is 2.12. The minimum Gasteiger partial charge on any atom is -0.296 e.